The van der Waals surface area contributed by atoms with Crippen molar-refractivity contribution in [3.8, 4) is 24.7 Å². The van der Waals surface area contributed by atoms with Gasteiger partial charge >= 0.3 is 11.4 Å². The first-order valence-corrected chi connectivity index (χ1v) is 11.3. The normalized spacial score (nSPS) is 10.9. The Morgan fingerprint density at radius 2 is 1.12 bits per heavy atom. The molecule has 0 aliphatic carbocycles. The molecule has 0 spiro atoms. The minimum atomic E-state index is -0.178. The van der Waals surface area contributed by atoms with Crippen LogP contribution in [-0.2, 0) is 0 Å². The maximum absolute atomic E-state index is 11.9. The maximum Gasteiger partial charge on any atom is 0.329 e. The van der Waals surface area contributed by atoms with Crippen molar-refractivity contribution in [2.45, 2.75) is 65.5 Å². The highest BCUT2D eigenvalue weighted by molar-refractivity contribution is 5.66. The summed E-state index contributed by atoms with van der Waals surface area (Å²) in [5.41, 5.74) is 2.58. The van der Waals surface area contributed by atoms with Gasteiger partial charge in [-0.25, -0.2) is 29.5 Å². The van der Waals surface area contributed by atoms with E-state index >= 15 is 0 Å². The molecular formula is C24H28N8O2. The zero-order valence-electron chi connectivity index (χ0n) is 19.8. The van der Waals surface area contributed by atoms with Crippen molar-refractivity contribution in [1.29, 1.82) is 0 Å². The van der Waals surface area contributed by atoms with E-state index in [9.17, 15) is 9.59 Å². The number of aromatic amines is 2. The number of terminal acetylenes is 2. The molecule has 0 bridgehead atoms. The van der Waals surface area contributed by atoms with Crippen LogP contribution in [0.5, 0.6) is 0 Å². The average molecular weight is 461 g/mol. The summed E-state index contributed by atoms with van der Waals surface area (Å²) in [6.45, 7) is 8.16. The third kappa shape index (κ3) is 4.62. The lowest BCUT2D eigenvalue weighted by atomic mass is 10.2. The summed E-state index contributed by atoms with van der Waals surface area (Å²) in [5, 5.41) is 0. The quantitative estimate of drug-likeness (QED) is 0.426. The van der Waals surface area contributed by atoms with Crippen molar-refractivity contribution in [1.82, 2.24) is 39.0 Å². The van der Waals surface area contributed by atoms with Crippen LogP contribution in [0.2, 0.25) is 0 Å². The Balaban J connectivity index is 0.000000191. The topological polar surface area (TPSA) is 127 Å². The standard InChI is InChI=1S/2C12H14N4O/c2*1-4-8-7-13-10-11(14-8)16(12(17)15-10)9(5-2)6-3/h2*1,7,9H,5-6H2,2-3H3,(H,13,15,17). The molecule has 0 amide bonds. The van der Waals surface area contributed by atoms with Crippen LogP contribution in [0.3, 0.4) is 0 Å². The monoisotopic (exact) mass is 460 g/mol. The van der Waals surface area contributed by atoms with E-state index in [0.717, 1.165) is 25.7 Å². The van der Waals surface area contributed by atoms with Crippen LogP contribution >= 0.6 is 0 Å². The molecule has 0 saturated heterocycles. The summed E-state index contributed by atoms with van der Waals surface area (Å²) in [7, 11) is 0. The molecule has 10 heteroatoms. The van der Waals surface area contributed by atoms with E-state index in [4.69, 9.17) is 12.8 Å². The second-order valence-electron chi connectivity index (χ2n) is 7.68. The second kappa shape index (κ2) is 10.6. The van der Waals surface area contributed by atoms with Crippen molar-refractivity contribution >= 4 is 22.6 Å². The van der Waals surface area contributed by atoms with E-state index in [2.05, 4.69) is 41.7 Å². The van der Waals surface area contributed by atoms with Crippen LogP contribution in [0.25, 0.3) is 22.6 Å². The van der Waals surface area contributed by atoms with E-state index < -0.39 is 0 Å². The predicted molar refractivity (Wildman–Crippen MR) is 131 cm³/mol. The van der Waals surface area contributed by atoms with Crippen molar-refractivity contribution in [3.63, 3.8) is 0 Å². The Morgan fingerprint density at radius 3 is 1.41 bits per heavy atom. The number of H-pyrrole nitrogens is 2. The third-order valence-corrected chi connectivity index (χ3v) is 5.76. The van der Waals surface area contributed by atoms with Crippen LogP contribution in [0.4, 0.5) is 0 Å². The minimum absolute atomic E-state index is 0.124. The summed E-state index contributed by atoms with van der Waals surface area (Å²) in [6.07, 6.45) is 17.0. The molecule has 4 aromatic rings. The summed E-state index contributed by atoms with van der Waals surface area (Å²) in [5.74, 6) is 4.86. The number of hydrogen-bond acceptors (Lipinski definition) is 6. The molecule has 4 aromatic heterocycles. The first-order valence-electron chi connectivity index (χ1n) is 11.3. The number of nitrogens with zero attached hydrogens (tertiary/aromatic N) is 6. The van der Waals surface area contributed by atoms with E-state index in [-0.39, 0.29) is 23.5 Å². The second-order valence-corrected chi connectivity index (χ2v) is 7.68. The van der Waals surface area contributed by atoms with Gasteiger partial charge in [0.25, 0.3) is 0 Å². The Kier molecular flexibility index (Phi) is 7.64. The zero-order valence-corrected chi connectivity index (χ0v) is 19.8. The van der Waals surface area contributed by atoms with Crippen molar-refractivity contribution in [2.24, 2.45) is 0 Å². The average Bonchev–Trinajstić information content (AvgIpc) is 3.36. The van der Waals surface area contributed by atoms with Gasteiger partial charge in [0.2, 0.25) is 0 Å². The van der Waals surface area contributed by atoms with E-state index in [1.54, 1.807) is 9.13 Å². The Bertz CT molecular complexity index is 1370. The number of nitrogens with one attached hydrogen (secondary N) is 2. The van der Waals surface area contributed by atoms with E-state index in [1.165, 1.54) is 12.4 Å². The zero-order chi connectivity index (χ0) is 24.8. The van der Waals surface area contributed by atoms with Gasteiger partial charge in [-0.2, -0.15) is 0 Å². The lowest BCUT2D eigenvalue weighted by Gasteiger charge is -2.13. The Labute approximate surface area is 196 Å². The molecular weight excluding hydrogens is 432 g/mol. The molecule has 0 aliphatic rings. The van der Waals surface area contributed by atoms with Gasteiger partial charge < -0.3 is 0 Å². The number of aromatic nitrogens is 8. The fourth-order valence-corrected chi connectivity index (χ4v) is 3.91. The fraction of sp³-hybridized carbons (Fsp3) is 0.417. The van der Waals surface area contributed by atoms with Crippen LogP contribution in [0, 0.1) is 24.7 Å². The number of fused-ring (bicyclic) bond motifs is 2. The largest absolute Gasteiger partial charge is 0.329 e. The number of imidazole rings is 2. The fourth-order valence-electron chi connectivity index (χ4n) is 3.91. The molecule has 0 aliphatic heterocycles. The van der Waals surface area contributed by atoms with Crippen LogP contribution < -0.4 is 11.4 Å². The van der Waals surface area contributed by atoms with Gasteiger partial charge in [-0.05, 0) is 37.5 Å². The van der Waals surface area contributed by atoms with Gasteiger partial charge in [-0.15, -0.1) is 12.8 Å². The highest BCUT2D eigenvalue weighted by Crippen LogP contribution is 2.18. The number of hydrogen-bond donors (Lipinski definition) is 2. The summed E-state index contributed by atoms with van der Waals surface area (Å²) in [6, 6.07) is 0.247. The van der Waals surface area contributed by atoms with Crippen LogP contribution in [0.1, 0.15) is 76.8 Å². The molecule has 34 heavy (non-hydrogen) atoms. The molecule has 0 saturated carbocycles. The summed E-state index contributed by atoms with van der Waals surface area (Å²) < 4.78 is 3.28. The molecule has 0 radical (unpaired) electrons. The third-order valence-electron chi connectivity index (χ3n) is 5.76. The SMILES string of the molecule is C#Cc1cnc2[nH]c(=O)n(C(CC)CC)c2n1.C#Cc1cnc2[nH]c(=O)n(C(CC)CC)c2n1. The highest BCUT2D eigenvalue weighted by Gasteiger charge is 2.17. The van der Waals surface area contributed by atoms with Gasteiger partial charge in [0.15, 0.2) is 22.6 Å². The van der Waals surface area contributed by atoms with Crippen molar-refractivity contribution in [3.05, 3.63) is 44.8 Å². The lowest BCUT2D eigenvalue weighted by Crippen LogP contribution is -2.21. The molecule has 0 atom stereocenters. The van der Waals surface area contributed by atoms with Gasteiger partial charge in [0.1, 0.15) is 11.4 Å². The lowest BCUT2D eigenvalue weighted by molar-refractivity contribution is 0.469. The molecule has 0 unspecified atom stereocenters. The highest BCUT2D eigenvalue weighted by atomic mass is 16.1. The number of rotatable bonds is 6. The van der Waals surface area contributed by atoms with E-state index in [1.807, 2.05) is 27.7 Å². The Morgan fingerprint density at radius 1 is 0.765 bits per heavy atom. The molecule has 4 heterocycles. The van der Waals surface area contributed by atoms with Gasteiger partial charge in [-0.1, -0.05) is 27.7 Å². The smallest absolute Gasteiger partial charge is 0.289 e. The summed E-state index contributed by atoms with van der Waals surface area (Å²) >= 11 is 0. The molecule has 2 N–H and O–H groups in total. The molecule has 0 fully saturated rings. The van der Waals surface area contributed by atoms with Gasteiger partial charge in [0.05, 0.1) is 12.4 Å². The first kappa shape index (κ1) is 24.5. The maximum atomic E-state index is 11.9. The van der Waals surface area contributed by atoms with Gasteiger partial charge in [-0.3, -0.25) is 19.1 Å². The van der Waals surface area contributed by atoms with Crippen LogP contribution in [-0.4, -0.2) is 39.0 Å². The predicted octanol–water partition coefficient (Wildman–Crippen LogP) is 2.92. The van der Waals surface area contributed by atoms with Gasteiger partial charge in [0, 0.05) is 12.1 Å². The van der Waals surface area contributed by atoms with Crippen molar-refractivity contribution < 1.29 is 0 Å². The first-order chi connectivity index (χ1) is 16.4. The Hall–Kier alpha value is -4.18. The van der Waals surface area contributed by atoms with E-state index in [0.29, 0.717) is 34.0 Å². The molecule has 176 valence electrons. The summed E-state index contributed by atoms with van der Waals surface area (Å²) in [4.78, 5) is 45.9. The van der Waals surface area contributed by atoms with Crippen LogP contribution in [0.15, 0.2) is 22.0 Å². The van der Waals surface area contributed by atoms with Crippen molar-refractivity contribution in [2.75, 3.05) is 0 Å². The minimum Gasteiger partial charge on any atom is -0.289 e. The molecule has 4 rings (SSSR count). The molecule has 10 nitrogen and oxygen atoms in total. The molecule has 0 aromatic carbocycles.